The number of likely N-dealkylation sites (tertiary alicyclic amines) is 2. The smallest absolute Gasteiger partial charge is 0.219 e. The molecule has 1 unspecified atom stereocenters. The lowest BCUT2D eigenvalue weighted by atomic mass is 10.1. The fourth-order valence-electron chi connectivity index (χ4n) is 5.89. The topological polar surface area (TPSA) is 37.7 Å². The zero-order valence-corrected chi connectivity index (χ0v) is 18.3. The lowest BCUT2D eigenvalue weighted by Gasteiger charge is -2.35. The van der Waals surface area contributed by atoms with Crippen molar-refractivity contribution in [2.45, 2.75) is 76.5 Å². The molecule has 162 valence electrons. The van der Waals surface area contributed by atoms with E-state index in [0.29, 0.717) is 12.1 Å². The maximum Gasteiger partial charge on any atom is 0.219 e. The fraction of sp³-hybridized carbons (Fsp3) is 0.640. The van der Waals surface area contributed by atoms with Crippen molar-refractivity contribution in [3.05, 3.63) is 30.5 Å². The van der Waals surface area contributed by atoms with E-state index in [1.54, 1.807) is 6.92 Å². The summed E-state index contributed by atoms with van der Waals surface area (Å²) in [5.74, 6) is 1.27. The highest BCUT2D eigenvalue weighted by molar-refractivity contribution is 5.86. The lowest BCUT2D eigenvalue weighted by Crippen LogP contribution is -2.46. The van der Waals surface area contributed by atoms with Gasteiger partial charge in [0.1, 0.15) is 11.9 Å². The third-order valence-electron chi connectivity index (χ3n) is 7.52. The summed E-state index contributed by atoms with van der Waals surface area (Å²) in [5.41, 5.74) is 1.32. The van der Waals surface area contributed by atoms with Crippen LogP contribution in [0.2, 0.25) is 0 Å². The first-order valence-electron chi connectivity index (χ1n) is 11.9. The van der Waals surface area contributed by atoms with Crippen LogP contribution < -0.4 is 4.74 Å². The molecule has 30 heavy (non-hydrogen) atoms. The number of aromatic nitrogens is 1. The average molecular weight is 410 g/mol. The Bertz CT molecular complexity index is 878. The van der Waals surface area contributed by atoms with Crippen LogP contribution in [-0.2, 0) is 4.79 Å². The van der Waals surface area contributed by atoms with Crippen molar-refractivity contribution < 1.29 is 9.53 Å². The Morgan fingerprint density at radius 2 is 1.80 bits per heavy atom. The van der Waals surface area contributed by atoms with Crippen molar-refractivity contribution in [1.29, 1.82) is 0 Å². The second-order valence-corrected chi connectivity index (χ2v) is 9.48. The van der Waals surface area contributed by atoms with Crippen LogP contribution in [0.25, 0.3) is 10.9 Å². The Morgan fingerprint density at radius 3 is 2.57 bits per heavy atom. The molecule has 1 aromatic carbocycles. The molecule has 1 saturated carbocycles. The molecule has 1 aliphatic carbocycles. The Labute approximate surface area is 180 Å². The minimum atomic E-state index is 0.230. The number of piperidine rings is 1. The highest BCUT2D eigenvalue weighted by atomic mass is 16.5. The summed E-state index contributed by atoms with van der Waals surface area (Å²) < 4.78 is 8.99. The zero-order valence-electron chi connectivity index (χ0n) is 18.3. The highest BCUT2D eigenvalue weighted by Crippen LogP contribution is 2.36. The van der Waals surface area contributed by atoms with Crippen molar-refractivity contribution in [3.8, 4) is 5.75 Å². The summed E-state index contributed by atoms with van der Waals surface area (Å²) in [6, 6.07) is 9.83. The maximum atomic E-state index is 11.8. The maximum absolute atomic E-state index is 11.8. The van der Waals surface area contributed by atoms with Crippen LogP contribution in [0.15, 0.2) is 30.5 Å². The van der Waals surface area contributed by atoms with Crippen molar-refractivity contribution in [2.75, 3.05) is 26.2 Å². The minimum absolute atomic E-state index is 0.230. The van der Waals surface area contributed by atoms with E-state index in [4.69, 9.17) is 4.74 Å². The van der Waals surface area contributed by atoms with Gasteiger partial charge >= 0.3 is 0 Å². The summed E-state index contributed by atoms with van der Waals surface area (Å²) >= 11 is 0. The van der Waals surface area contributed by atoms with Crippen molar-refractivity contribution >= 4 is 16.8 Å². The van der Waals surface area contributed by atoms with Gasteiger partial charge in [0.25, 0.3) is 0 Å². The van der Waals surface area contributed by atoms with Crippen LogP contribution in [0.5, 0.6) is 5.75 Å². The van der Waals surface area contributed by atoms with Gasteiger partial charge in [0.15, 0.2) is 0 Å². The number of ether oxygens (including phenoxy) is 1. The lowest BCUT2D eigenvalue weighted by molar-refractivity contribution is -0.130. The van der Waals surface area contributed by atoms with Gasteiger partial charge in [0, 0.05) is 56.8 Å². The predicted octanol–water partition coefficient (Wildman–Crippen LogP) is 4.61. The van der Waals surface area contributed by atoms with E-state index in [0.717, 1.165) is 57.6 Å². The molecule has 5 nitrogen and oxygen atoms in total. The predicted molar refractivity (Wildman–Crippen MR) is 120 cm³/mol. The molecule has 1 atom stereocenters. The molecular formula is C25H35N3O2. The number of nitrogens with zero attached hydrogens (tertiary/aromatic N) is 3. The molecule has 5 heteroatoms. The molecule has 1 aromatic heterocycles. The molecule has 2 saturated heterocycles. The first kappa shape index (κ1) is 19.9. The number of carbonyl (C=O) groups excluding carboxylic acids is 1. The molecule has 3 fully saturated rings. The highest BCUT2D eigenvalue weighted by Gasteiger charge is 2.30. The third kappa shape index (κ3) is 3.96. The number of benzene rings is 1. The summed E-state index contributed by atoms with van der Waals surface area (Å²) in [5, 5.41) is 1.26. The van der Waals surface area contributed by atoms with Gasteiger partial charge in [-0.3, -0.25) is 4.79 Å². The minimum Gasteiger partial charge on any atom is -0.490 e. The van der Waals surface area contributed by atoms with E-state index < -0.39 is 0 Å². The summed E-state index contributed by atoms with van der Waals surface area (Å²) in [6.45, 7) is 5.78. The molecule has 0 N–H and O–H groups in total. The van der Waals surface area contributed by atoms with Gasteiger partial charge in [0.2, 0.25) is 5.91 Å². The first-order valence-corrected chi connectivity index (χ1v) is 11.9. The fourth-order valence-corrected chi connectivity index (χ4v) is 5.89. The number of carbonyl (C=O) groups is 1. The van der Waals surface area contributed by atoms with E-state index in [-0.39, 0.29) is 12.0 Å². The van der Waals surface area contributed by atoms with Gasteiger partial charge in [-0.15, -0.1) is 0 Å². The molecule has 3 heterocycles. The number of rotatable bonds is 5. The second kappa shape index (κ2) is 8.62. The molecule has 0 radical (unpaired) electrons. The molecule has 2 aromatic rings. The average Bonchev–Trinajstić information content (AvgIpc) is 3.50. The number of hydrogen-bond donors (Lipinski definition) is 0. The summed E-state index contributed by atoms with van der Waals surface area (Å²) in [4.78, 5) is 16.4. The van der Waals surface area contributed by atoms with Crippen LogP contribution in [0.3, 0.4) is 0 Å². The summed E-state index contributed by atoms with van der Waals surface area (Å²) in [6.07, 6.45) is 12.3. The van der Waals surface area contributed by atoms with E-state index in [1.807, 2.05) is 0 Å². The molecular weight excluding hydrogens is 374 g/mol. The largest absolute Gasteiger partial charge is 0.490 e. The third-order valence-corrected chi connectivity index (χ3v) is 7.52. The van der Waals surface area contributed by atoms with Gasteiger partial charge < -0.3 is 19.1 Å². The standard InChI is InChI=1S/C25H35N3O2/c1-19(29)27-14-5-8-21(27)18-26-15-11-22(12-16-26)30-25-10-4-9-24-23(25)13-17-28(24)20-6-2-3-7-20/h4,9-10,13,17,20-22H,2-3,5-8,11-12,14-16,18H2,1H3. The Balaban J connectivity index is 1.20. The SMILES string of the molecule is CC(=O)N1CCCC1CN1CCC(Oc2cccc3c2ccn3C2CCCC2)CC1. The van der Waals surface area contributed by atoms with E-state index in [2.05, 4.69) is 44.8 Å². The molecule has 1 amide bonds. The van der Waals surface area contributed by atoms with Crippen LogP contribution in [0, 0.1) is 0 Å². The van der Waals surface area contributed by atoms with Gasteiger partial charge in [-0.25, -0.2) is 0 Å². The van der Waals surface area contributed by atoms with Crippen molar-refractivity contribution in [2.24, 2.45) is 0 Å². The van der Waals surface area contributed by atoms with Crippen LogP contribution in [0.4, 0.5) is 0 Å². The molecule has 2 aliphatic heterocycles. The second-order valence-electron chi connectivity index (χ2n) is 9.48. The Kier molecular flexibility index (Phi) is 5.72. The number of hydrogen-bond acceptors (Lipinski definition) is 3. The van der Waals surface area contributed by atoms with E-state index in [9.17, 15) is 4.79 Å². The Morgan fingerprint density at radius 1 is 1.00 bits per heavy atom. The van der Waals surface area contributed by atoms with E-state index >= 15 is 0 Å². The van der Waals surface area contributed by atoms with Crippen LogP contribution in [-0.4, -0.2) is 58.6 Å². The molecule has 3 aliphatic rings. The first-order chi connectivity index (χ1) is 14.7. The van der Waals surface area contributed by atoms with Gasteiger partial charge in [-0.2, -0.15) is 0 Å². The Hall–Kier alpha value is -2.01. The van der Waals surface area contributed by atoms with E-state index in [1.165, 1.54) is 36.6 Å². The quantitative estimate of drug-likeness (QED) is 0.724. The number of fused-ring (bicyclic) bond motifs is 1. The molecule has 0 bridgehead atoms. The monoisotopic (exact) mass is 409 g/mol. The molecule has 0 spiro atoms. The molecule has 5 rings (SSSR count). The van der Waals surface area contributed by atoms with Crippen LogP contribution in [0.1, 0.15) is 64.3 Å². The van der Waals surface area contributed by atoms with Crippen LogP contribution >= 0.6 is 0 Å². The van der Waals surface area contributed by atoms with Gasteiger partial charge in [-0.05, 0) is 56.7 Å². The summed E-state index contributed by atoms with van der Waals surface area (Å²) in [7, 11) is 0. The van der Waals surface area contributed by atoms with Crippen molar-refractivity contribution in [1.82, 2.24) is 14.4 Å². The van der Waals surface area contributed by atoms with Crippen molar-refractivity contribution in [3.63, 3.8) is 0 Å². The van der Waals surface area contributed by atoms with Gasteiger partial charge in [0.05, 0.1) is 5.52 Å². The normalized spacial score (nSPS) is 24.2. The van der Waals surface area contributed by atoms with Gasteiger partial charge in [-0.1, -0.05) is 18.9 Å². The zero-order chi connectivity index (χ0) is 20.5. The number of amides is 1.